The van der Waals surface area contributed by atoms with Gasteiger partial charge in [-0.2, -0.15) is 5.10 Å². The summed E-state index contributed by atoms with van der Waals surface area (Å²) in [7, 11) is 1.82. The van der Waals surface area contributed by atoms with Crippen LogP contribution in [0.2, 0.25) is 0 Å². The molecule has 0 spiro atoms. The van der Waals surface area contributed by atoms with Crippen LogP contribution < -0.4 is 10.2 Å². The standard InChI is InChI=1S/C23H25F2N5O/c1-16-19(17-13-27-29(2)15-17)14-26-21(30-11-6-9-23(24,25)10-12-30)20(16)22(31)28-18-7-4-3-5-8-18/h3-5,7-8,13-15H,6,9-12H2,1-2H3,(H,28,31). The predicted octanol–water partition coefficient (Wildman–Crippen LogP) is 4.67. The van der Waals surface area contributed by atoms with Crippen LogP contribution in [0.3, 0.4) is 0 Å². The Bertz CT molecular complexity index is 1080. The Morgan fingerprint density at radius 3 is 2.61 bits per heavy atom. The number of halogens is 2. The largest absolute Gasteiger partial charge is 0.356 e. The van der Waals surface area contributed by atoms with E-state index in [9.17, 15) is 13.6 Å². The molecule has 0 radical (unpaired) electrons. The van der Waals surface area contributed by atoms with E-state index in [1.165, 1.54) is 0 Å². The van der Waals surface area contributed by atoms with E-state index < -0.39 is 5.92 Å². The second kappa shape index (κ2) is 8.45. The quantitative estimate of drug-likeness (QED) is 0.660. The second-order valence-corrected chi connectivity index (χ2v) is 7.91. The molecule has 0 bridgehead atoms. The number of anilines is 2. The number of aromatic nitrogens is 3. The molecule has 1 aromatic carbocycles. The first-order valence-electron chi connectivity index (χ1n) is 10.3. The van der Waals surface area contributed by atoms with Crippen LogP contribution in [0.15, 0.2) is 48.9 Å². The zero-order valence-corrected chi connectivity index (χ0v) is 17.6. The van der Waals surface area contributed by atoms with Crippen molar-refractivity contribution in [2.45, 2.75) is 32.1 Å². The van der Waals surface area contributed by atoms with Crippen LogP contribution in [0.1, 0.15) is 35.2 Å². The number of carbonyl (C=O) groups excluding carboxylic acids is 1. The Hall–Kier alpha value is -3.29. The second-order valence-electron chi connectivity index (χ2n) is 7.91. The molecule has 1 saturated heterocycles. The fraction of sp³-hybridized carbons (Fsp3) is 0.348. The Labute approximate surface area is 179 Å². The Morgan fingerprint density at radius 2 is 1.90 bits per heavy atom. The molecule has 0 unspecified atom stereocenters. The van der Waals surface area contributed by atoms with Gasteiger partial charge in [0.2, 0.25) is 5.92 Å². The molecule has 3 aromatic rings. The molecular weight excluding hydrogens is 400 g/mol. The number of hydrogen-bond acceptors (Lipinski definition) is 4. The van der Waals surface area contributed by atoms with Crippen molar-refractivity contribution < 1.29 is 13.6 Å². The number of pyridine rings is 1. The Balaban J connectivity index is 1.76. The molecule has 0 atom stereocenters. The van der Waals surface area contributed by atoms with Crippen LogP contribution in [0.5, 0.6) is 0 Å². The molecule has 3 heterocycles. The van der Waals surface area contributed by atoms with Gasteiger partial charge in [0.1, 0.15) is 5.82 Å². The normalized spacial score (nSPS) is 16.1. The highest BCUT2D eigenvalue weighted by Gasteiger charge is 2.33. The van der Waals surface area contributed by atoms with Crippen molar-refractivity contribution in [2.24, 2.45) is 7.05 Å². The van der Waals surface area contributed by atoms with Crippen LogP contribution in [-0.2, 0) is 7.05 Å². The summed E-state index contributed by atoms with van der Waals surface area (Å²) in [5.41, 5.74) is 3.43. The molecule has 0 saturated carbocycles. The average Bonchev–Trinajstić information content (AvgIpc) is 3.08. The van der Waals surface area contributed by atoms with Gasteiger partial charge in [-0.1, -0.05) is 18.2 Å². The third-order valence-corrected chi connectivity index (χ3v) is 5.61. The van der Waals surface area contributed by atoms with Gasteiger partial charge in [-0.05, 0) is 31.0 Å². The van der Waals surface area contributed by atoms with E-state index in [1.807, 2.05) is 38.4 Å². The number of para-hydroxylation sites is 1. The molecule has 162 valence electrons. The van der Waals surface area contributed by atoms with Crippen LogP contribution in [0.4, 0.5) is 20.3 Å². The van der Waals surface area contributed by atoms with E-state index in [4.69, 9.17) is 0 Å². The summed E-state index contributed by atoms with van der Waals surface area (Å²) in [5.74, 6) is -2.56. The number of nitrogens with zero attached hydrogens (tertiary/aromatic N) is 4. The van der Waals surface area contributed by atoms with Gasteiger partial charge in [0.15, 0.2) is 0 Å². The minimum absolute atomic E-state index is 0.150. The van der Waals surface area contributed by atoms with Crippen molar-refractivity contribution in [1.29, 1.82) is 0 Å². The van der Waals surface area contributed by atoms with E-state index in [1.54, 1.807) is 34.1 Å². The lowest BCUT2D eigenvalue weighted by molar-refractivity contribution is -0.0102. The zero-order valence-electron chi connectivity index (χ0n) is 17.6. The number of aryl methyl sites for hydroxylation is 1. The van der Waals surface area contributed by atoms with Crippen LogP contribution in [-0.4, -0.2) is 39.7 Å². The maximum absolute atomic E-state index is 13.9. The summed E-state index contributed by atoms with van der Waals surface area (Å²) in [5, 5.41) is 7.13. The predicted molar refractivity (Wildman–Crippen MR) is 117 cm³/mol. The summed E-state index contributed by atoms with van der Waals surface area (Å²) in [4.78, 5) is 19.7. The number of amides is 1. The summed E-state index contributed by atoms with van der Waals surface area (Å²) in [6, 6.07) is 9.15. The smallest absolute Gasteiger partial charge is 0.259 e. The van der Waals surface area contributed by atoms with Gasteiger partial charge in [-0.3, -0.25) is 9.48 Å². The van der Waals surface area contributed by atoms with Gasteiger partial charge >= 0.3 is 0 Å². The third kappa shape index (κ3) is 4.57. The van der Waals surface area contributed by atoms with E-state index in [0.29, 0.717) is 30.0 Å². The van der Waals surface area contributed by atoms with Crippen molar-refractivity contribution in [1.82, 2.24) is 14.8 Å². The van der Waals surface area contributed by atoms with Gasteiger partial charge in [0, 0.05) is 62.2 Å². The highest BCUT2D eigenvalue weighted by Crippen LogP contribution is 2.34. The number of rotatable bonds is 4. The number of benzene rings is 1. The molecule has 1 N–H and O–H groups in total. The highest BCUT2D eigenvalue weighted by molar-refractivity contribution is 6.09. The molecule has 0 aliphatic carbocycles. The molecule has 1 aliphatic rings. The first kappa shape index (κ1) is 21.0. The average molecular weight is 425 g/mol. The van der Waals surface area contributed by atoms with Crippen molar-refractivity contribution in [3.8, 4) is 11.1 Å². The van der Waals surface area contributed by atoms with E-state index >= 15 is 0 Å². The molecule has 2 aromatic heterocycles. The van der Waals surface area contributed by atoms with Crippen molar-refractivity contribution in [3.05, 3.63) is 60.0 Å². The fourth-order valence-electron chi connectivity index (χ4n) is 3.94. The fourth-order valence-corrected chi connectivity index (χ4v) is 3.94. The molecule has 8 heteroatoms. The number of carbonyl (C=O) groups is 1. The first-order chi connectivity index (χ1) is 14.8. The van der Waals surface area contributed by atoms with Crippen LogP contribution in [0, 0.1) is 6.92 Å². The molecule has 1 aliphatic heterocycles. The van der Waals surface area contributed by atoms with E-state index in [-0.39, 0.29) is 25.3 Å². The van der Waals surface area contributed by atoms with Crippen molar-refractivity contribution in [3.63, 3.8) is 0 Å². The number of alkyl halides is 2. The summed E-state index contributed by atoms with van der Waals surface area (Å²) < 4.78 is 29.5. The molecule has 4 rings (SSSR count). The van der Waals surface area contributed by atoms with Crippen LogP contribution >= 0.6 is 0 Å². The van der Waals surface area contributed by atoms with Crippen molar-refractivity contribution in [2.75, 3.05) is 23.3 Å². The maximum Gasteiger partial charge on any atom is 0.259 e. The third-order valence-electron chi connectivity index (χ3n) is 5.61. The van der Waals surface area contributed by atoms with Crippen molar-refractivity contribution >= 4 is 17.4 Å². The lowest BCUT2D eigenvalue weighted by Crippen LogP contribution is -2.30. The maximum atomic E-state index is 13.9. The number of hydrogen-bond donors (Lipinski definition) is 1. The lowest BCUT2D eigenvalue weighted by Gasteiger charge is -2.25. The molecular formula is C23H25F2N5O. The van der Waals surface area contributed by atoms with Crippen LogP contribution in [0.25, 0.3) is 11.1 Å². The summed E-state index contributed by atoms with van der Waals surface area (Å²) in [6.45, 7) is 2.44. The monoisotopic (exact) mass is 425 g/mol. The highest BCUT2D eigenvalue weighted by atomic mass is 19.3. The van der Waals surface area contributed by atoms with E-state index in [0.717, 1.165) is 16.7 Å². The Morgan fingerprint density at radius 1 is 1.13 bits per heavy atom. The minimum Gasteiger partial charge on any atom is -0.356 e. The summed E-state index contributed by atoms with van der Waals surface area (Å²) in [6.07, 6.45) is 5.21. The van der Waals surface area contributed by atoms with Gasteiger partial charge < -0.3 is 10.2 Å². The summed E-state index contributed by atoms with van der Waals surface area (Å²) >= 11 is 0. The van der Waals surface area contributed by atoms with E-state index in [2.05, 4.69) is 15.4 Å². The van der Waals surface area contributed by atoms with Gasteiger partial charge in [-0.15, -0.1) is 0 Å². The molecule has 1 amide bonds. The van der Waals surface area contributed by atoms with Gasteiger partial charge in [0.25, 0.3) is 5.91 Å². The zero-order chi connectivity index (χ0) is 22.0. The SMILES string of the molecule is Cc1c(-c2cnn(C)c2)cnc(N2CCCC(F)(F)CC2)c1C(=O)Nc1ccccc1. The first-order valence-corrected chi connectivity index (χ1v) is 10.3. The molecule has 1 fully saturated rings. The Kier molecular flexibility index (Phi) is 5.71. The lowest BCUT2D eigenvalue weighted by atomic mass is 9.99. The number of nitrogens with one attached hydrogen (secondary N) is 1. The van der Waals surface area contributed by atoms with Gasteiger partial charge in [-0.25, -0.2) is 13.8 Å². The van der Waals surface area contributed by atoms with Gasteiger partial charge in [0.05, 0.1) is 11.8 Å². The molecule has 6 nitrogen and oxygen atoms in total. The minimum atomic E-state index is -2.69. The molecule has 31 heavy (non-hydrogen) atoms. The topological polar surface area (TPSA) is 63.1 Å².